The number of hydrogen-bond acceptors (Lipinski definition) is 15. The van der Waals surface area contributed by atoms with E-state index in [2.05, 4.69) is 20.0 Å². The number of halogens is 4. The summed E-state index contributed by atoms with van der Waals surface area (Å²) in [6.07, 6.45) is -5.02. The fourth-order valence-electron chi connectivity index (χ4n) is 4.65. The third-order valence-corrected chi connectivity index (χ3v) is 8.89. The first-order valence-corrected chi connectivity index (χ1v) is 18.3. The van der Waals surface area contributed by atoms with Crippen LogP contribution < -0.4 is 14.8 Å². The number of sulfonamides is 1. The summed E-state index contributed by atoms with van der Waals surface area (Å²) in [4.78, 5) is 65.8. The van der Waals surface area contributed by atoms with Gasteiger partial charge in [0, 0.05) is 23.5 Å². The molecule has 0 atom stereocenters. The number of carbonyl (C=O) groups is 4. The Labute approximate surface area is 331 Å². The van der Waals surface area contributed by atoms with Gasteiger partial charge in [-0.1, -0.05) is 23.7 Å². The van der Waals surface area contributed by atoms with Crippen molar-refractivity contribution in [3.05, 3.63) is 110 Å². The van der Waals surface area contributed by atoms with Gasteiger partial charge in [-0.15, -0.1) is 0 Å². The number of nitro groups is 1. The van der Waals surface area contributed by atoms with Crippen molar-refractivity contribution in [2.75, 3.05) is 31.7 Å². The van der Waals surface area contributed by atoms with Gasteiger partial charge in [-0.25, -0.2) is 42.3 Å². The predicted molar refractivity (Wildman–Crippen MR) is 194 cm³/mol. The van der Waals surface area contributed by atoms with Crippen molar-refractivity contribution in [1.82, 2.24) is 14.7 Å². The highest BCUT2D eigenvalue weighted by atomic mass is 35.5. The maximum absolute atomic E-state index is 12.7. The molecule has 18 nitrogen and oxygen atoms in total. The van der Waals surface area contributed by atoms with Crippen LogP contribution in [0.5, 0.6) is 11.5 Å². The average molecular weight is 854 g/mol. The van der Waals surface area contributed by atoms with E-state index in [1.807, 2.05) is 4.72 Å². The smallest absolute Gasteiger partial charge is 0.416 e. The van der Waals surface area contributed by atoms with Gasteiger partial charge < -0.3 is 23.7 Å². The van der Waals surface area contributed by atoms with Crippen LogP contribution in [-0.2, 0) is 39.9 Å². The minimum atomic E-state index is -4.61. The van der Waals surface area contributed by atoms with E-state index in [1.54, 1.807) is 19.9 Å². The molecule has 0 saturated carbocycles. The summed E-state index contributed by atoms with van der Waals surface area (Å²) in [5.74, 6) is -3.21. The van der Waals surface area contributed by atoms with Crippen molar-refractivity contribution in [1.29, 1.82) is 0 Å². The fourth-order valence-corrected chi connectivity index (χ4v) is 5.97. The van der Waals surface area contributed by atoms with Crippen LogP contribution in [-0.4, -0.2) is 79.8 Å². The lowest BCUT2D eigenvalue weighted by molar-refractivity contribution is -0.385. The lowest BCUT2D eigenvalue weighted by Gasteiger charge is -2.25. The second-order valence-corrected chi connectivity index (χ2v) is 13.7. The standard InChI is InChI=1S/C18H13ClF3NO7.C17H18N4O6S/c1-2-28-16(24)9-29-17(25)12-8-11(4-5-14(12)23(26)27)30-15-6-3-10(7-13(15)19)18(20,21)22;1-10-7-11(2)19-16(18-10)20-17(23)21-28(24,25)14-6-4-3-5-13(14)15(22)27-12-8-26-9-12/h3-8H,2,9H2,1H3;3-7,12H,8-9H2,1-2H3,(H2,18,19,20,21,23). The van der Waals surface area contributed by atoms with E-state index < -0.39 is 74.6 Å². The molecule has 58 heavy (non-hydrogen) atoms. The van der Waals surface area contributed by atoms with Gasteiger partial charge >= 0.3 is 30.1 Å². The van der Waals surface area contributed by atoms with Crippen molar-refractivity contribution in [2.45, 2.75) is 37.9 Å². The van der Waals surface area contributed by atoms with Crippen LogP contribution in [0.3, 0.4) is 0 Å². The highest BCUT2D eigenvalue weighted by molar-refractivity contribution is 7.90. The number of hydrogen-bond donors (Lipinski definition) is 2. The number of amides is 2. The zero-order chi connectivity index (χ0) is 42.8. The van der Waals surface area contributed by atoms with Crippen LogP contribution in [0.15, 0.2) is 71.6 Å². The molecule has 0 radical (unpaired) electrons. The highest BCUT2D eigenvalue weighted by Gasteiger charge is 2.32. The second kappa shape index (κ2) is 19.2. The minimum Gasteiger partial charge on any atom is -0.463 e. The van der Waals surface area contributed by atoms with Gasteiger partial charge in [0.1, 0.15) is 28.1 Å². The molecule has 5 rings (SSSR count). The van der Waals surface area contributed by atoms with Crippen LogP contribution in [0.2, 0.25) is 5.02 Å². The van der Waals surface area contributed by atoms with E-state index in [-0.39, 0.29) is 52.7 Å². The Bertz CT molecular complexity index is 2310. The van der Waals surface area contributed by atoms with Gasteiger partial charge in [0.05, 0.1) is 40.9 Å². The molecule has 308 valence electrons. The molecule has 3 aromatic carbocycles. The number of benzene rings is 3. The van der Waals surface area contributed by atoms with Crippen LogP contribution in [0.1, 0.15) is 44.6 Å². The third kappa shape index (κ3) is 12.3. The van der Waals surface area contributed by atoms with Crippen LogP contribution in [0.25, 0.3) is 0 Å². The number of alkyl halides is 3. The van der Waals surface area contributed by atoms with Crippen molar-refractivity contribution >= 4 is 57.2 Å². The van der Waals surface area contributed by atoms with Crippen molar-refractivity contribution in [3.8, 4) is 11.5 Å². The first-order chi connectivity index (χ1) is 27.3. The normalized spacial score (nSPS) is 12.5. The topological polar surface area (TPSA) is 242 Å². The molecule has 0 bridgehead atoms. The largest absolute Gasteiger partial charge is 0.463 e. The summed E-state index contributed by atoms with van der Waals surface area (Å²) in [6.45, 7) is 4.77. The maximum Gasteiger partial charge on any atom is 0.416 e. The number of nitrogens with one attached hydrogen (secondary N) is 2. The van der Waals surface area contributed by atoms with E-state index in [0.29, 0.717) is 17.5 Å². The molecule has 1 aliphatic rings. The molecular formula is C35H31ClF3N5O13S. The van der Waals surface area contributed by atoms with Gasteiger partial charge in [-0.05, 0) is 63.2 Å². The lowest BCUT2D eigenvalue weighted by Crippen LogP contribution is -2.39. The van der Waals surface area contributed by atoms with Crippen molar-refractivity contribution in [3.63, 3.8) is 0 Å². The Morgan fingerprint density at radius 1 is 0.948 bits per heavy atom. The van der Waals surface area contributed by atoms with Gasteiger partial charge in [-0.2, -0.15) is 13.2 Å². The van der Waals surface area contributed by atoms with Gasteiger partial charge in [-0.3, -0.25) is 15.4 Å². The third-order valence-electron chi connectivity index (χ3n) is 7.21. The zero-order valence-electron chi connectivity index (χ0n) is 30.3. The molecule has 0 aliphatic carbocycles. The van der Waals surface area contributed by atoms with E-state index in [9.17, 15) is 50.9 Å². The quantitative estimate of drug-likeness (QED) is 0.0725. The summed E-state index contributed by atoms with van der Waals surface area (Å²) in [5.41, 5.74) is -1.12. The van der Waals surface area contributed by atoms with E-state index >= 15 is 0 Å². The second-order valence-electron chi connectivity index (χ2n) is 11.7. The van der Waals surface area contributed by atoms with Crippen LogP contribution in [0.4, 0.5) is 29.6 Å². The molecule has 2 amide bonds. The number of anilines is 1. The van der Waals surface area contributed by atoms with Crippen LogP contribution >= 0.6 is 11.6 Å². The number of esters is 3. The van der Waals surface area contributed by atoms with E-state index in [1.165, 1.54) is 31.2 Å². The minimum absolute atomic E-state index is 0.0390. The molecule has 4 aromatic rings. The molecular weight excluding hydrogens is 823 g/mol. The lowest BCUT2D eigenvalue weighted by atomic mass is 10.1. The maximum atomic E-state index is 12.7. The molecule has 1 aliphatic heterocycles. The van der Waals surface area contributed by atoms with E-state index in [4.69, 9.17) is 30.5 Å². The summed E-state index contributed by atoms with van der Waals surface area (Å²) in [5, 5.41) is 13.1. The molecule has 2 N–H and O–H groups in total. The Morgan fingerprint density at radius 2 is 1.62 bits per heavy atom. The Balaban J connectivity index is 0.000000257. The number of carbonyl (C=O) groups excluding carboxylic acids is 4. The number of ether oxygens (including phenoxy) is 5. The first-order valence-electron chi connectivity index (χ1n) is 16.5. The molecule has 1 saturated heterocycles. The summed E-state index contributed by atoms with van der Waals surface area (Å²) >= 11 is 5.81. The summed E-state index contributed by atoms with van der Waals surface area (Å²) in [7, 11) is -4.35. The number of urea groups is 1. The zero-order valence-corrected chi connectivity index (χ0v) is 31.9. The first kappa shape index (κ1) is 44.3. The molecule has 0 spiro atoms. The van der Waals surface area contributed by atoms with Crippen molar-refractivity contribution < 1.29 is 69.4 Å². The number of aromatic nitrogens is 2. The Morgan fingerprint density at radius 3 is 2.21 bits per heavy atom. The molecule has 0 unspecified atom stereocenters. The average Bonchev–Trinajstić information content (AvgIpc) is 3.12. The molecule has 23 heteroatoms. The van der Waals surface area contributed by atoms with Gasteiger partial charge in [0.2, 0.25) is 5.95 Å². The number of rotatable bonds is 12. The molecule has 2 heterocycles. The van der Waals surface area contributed by atoms with E-state index in [0.717, 1.165) is 30.3 Å². The number of nitrogens with zero attached hydrogens (tertiary/aromatic N) is 3. The SMILES string of the molecule is CCOC(=O)COC(=O)c1cc(Oc2ccc(C(F)(F)F)cc2Cl)ccc1[N+](=O)[O-].Cc1cc(C)nc(NC(=O)NS(=O)(=O)c2ccccc2C(=O)OC2COC2)n1. The monoisotopic (exact) mass is 853 g/mol. The summed E-state index contributed by atoms with van der Waals surface area (Å²) < 4.78 is 89.9. The Hall–Kier alpha value is -6.39. The molecule has 1 aromatic heterocycles. The highest BCUT2D eigenvalue weighted by Crippen LogP contribution is 2.37. The van der Waals surface area contributed by atoms with Crippen molar-refractivity contribution in [2.24, 2.45) is 0 Å². The van der Waals surface area contributed by atoms with Gasteiger partial charge in [0.15, 0.2) is 6.61 Å². The molecule has 1 fully saturated rings. The summed E-state index contributed by atoms with van der Waals surface area (Å²) in [6, 6.07) is 11.4. The predicted octanol–water partition coefficient (Wildman–Crippen LogP) is 5.94. The number of nitro benzene ring substituents is 1. The van der Waals surface area contributed by atoms with Gasteiger partial charge in [0.25, 0.3) is 15.7 Å². The fraction of sp³-hybridized carbons (Fsp3) is 0.257. The number of aryl methyl sites for hydroxylation is 2. The van der Waals surface area contributed by atoms with Crippen LogP contribution in [0, 0.1) is 24.0 Å². The Kier molecular flexibility index (Phi) is 14.6.